The number of benzene rings is 2. The molecular weight excluding hydrogens is 400 g/mol. The Labute approximate surface area is 177 Å². The normalized spacial score (nSPS) is 15.4. The number of aryl methyl sites for hydroxylation is 1. The lowest BCUT2D eigenvalue weighted by Crippen LogP contribution is -2.22. The summed E-state index contributed by atoms with van der Waals surface area (Å²) in [5, 5.41) is 9.09. The Balaban J connectivity index is 1.90. The lowest BCUT2D eigenvalue weighted by molar-refractivity contribution is -0.114. The SMILES string of the molecule is CCCC1=NN(c2cccc(NS(C)(=O)=O)c2)C(=O)/C1=C/Nc1ccccc1CC. The van der Waals surface area contributed by atoms with E-state index in [0.29, 0.717) is 29.1 Å². The summed E-state index contributed by atoms with van der Waals surface area (Å²) >= 11 is 0. The third-order valence-corrected chi connectivity index (χ3v) is 5.21. The Morgan fingerprint density at radius 3 is 2.57 bits per heavy atom. The first-order valence-electron chi connectivity index (χ1n) is 9.87. The number of hydrazone groups is 1. The molecule has 8 heteroatoms. The molecule has 1 amide bonds. The van der Waals surface area contributed by atoms with Crippen LogP contribution in [-0.2, 0) is 21.2 Å². The van der Waals surface area contributed by atoms with Crippen molar-refractivity contribution in [2.24, 2.45) is 5.10 Å². The molecule has 0 spiro atoms. The number of hydrogen-bond donors (Lipinski definition) is 2. The Morgan fingerprint density at radius 2 is 1.87 bits per heavy atom. The van der Waals surface area contributed by atoms with Crippen LogP contribution in [0.15, 0.2) is 65.4 Å². The molecule has 0 saturated heterocycles. The van der Waals surface area contributed by atoms with Crippen molar-refractivity contribution in [2.75, 3.05) is 21.3 Å². The van der Waals surface area contributed by atoms with E-state index in [0.717, 1.165) is 30.3 Å². The zero-order valence-electron chi connectivity index (χ0n) is 17.3. The van der Waals surface area contributed by atoms with Crippen LogP contribution >= 0.6 is 0 Å². The smallest absolute Gasteiger partial charge is 0.282 e. The van der Waals surface area contributed by atoms with Gasteiger partial charge in [-0.3, -0.25) is 9.52 Å². The molecule has 2 N–H and O–H groups in total. The minimum atomic E-state index is -3.42. The van der Waals surface area contributed by atoms with Crippen molar-refractivity contribution in [1.82, 2.24) is 0 Å². The van der Waals surface area contributed by atoms with Crippen LogP contribution in [0.25, 0.3) is 0 Å². The van der Waals surface area contributed by atoms with E-state index in [-0.39, 0.29) is 5.91 Å². The quantitative estimate of drug-likeness (QED) is 0.621. The number of nitrogens with zero attached hydrogens (tertiary/aromatic N) is 2. The van der Waals surface area contributed by atoms with E-state index in [1.54, 1.807) is 30.5 Å². The lowest BCUT2D eigenvalue weighted by atomic mass is 10.1. The summed E-state index contributed by atoms with van der Waals surface area (Å²) in [7, 11) is -3.42. The van der Waals surface area contributed by atoms with E-state index in [1.807, 2.05) is 31.2 Å². The fraction of sp³-hybridized carbons (Fsp3) is 0.273. The molecule has 1 aliphatic heterocycles. The van der Waals surface area contributed by atoms with Crippen molar-refractivity contribution < 1.29 is 13.2 Å². The van der Waals surface area contributed by atoms with Crippen LogP contribution in [0.5, 0.6) is 0 Å². The zero-order valence-corrected chi connectivity index (χ0v) is 18.2. The number of nitrogens with one attached hydrogen (secondary N) is 2. The highest BCUT2D eigenvalue weighted by Gasteiger charge is 2.30. The molecule has 0 saturated carbocycles. The number of sulfonamides is 1. The van der Waals surface area contributed by atoms with Gasteiger partial charge in [0.2, 0.25) is 10.0 Å². The van der Waals surface area contributed by atoms with Gasteiger partial charge in [-0.1, -0.05) is 44.5 Å². The maximum absolute atomic E-state index is 13.1. The highest BCUT2D eigenvalue weighted by Crippen LogP contribution is 2.28. The monoisotopic (exact) mass is 426 g/mol. The summed E-state index contributed by atoms with van der Waals surface area (Å²) < 4.78 is 25.5. The molecular formula is C22H26N4O3S. The summed E-state index contributed by atoms with van der Waals surface area (Å²) in [6, 6.07) is 14.6. The fourth-order valence-electron chi connectivity index (χ4n) is 3.23. The van der Waals surface area contributed by atoms with Gasteiger partial charge in [-0.15, -0.1) is 0 Å². The number of carbonyl (C=O) groups is 1. The molecule has 0 aromatic heterocycles. The highest BCUT2D eigenvalue weighted by atomic mass is 32.2. The molecule has 0 radical (unpaired) electrons. The van der Waals surface area contributed by atoms with Crippen LogP contribution < -0.4 is 15.0 Å². The van der Waals surface area contributed by atoms with E-state index in [9.17, 15) is 13.2 Å². The molecule has 0 fully saturated rings. The van der Waals surface area contributed by atoms with Gasteiger partial charge in [-0.2, -0.15) is 10.1 Å². The first kappa shape index (κ1) is 21.6. The van der Waals surface area contributed by atoms with Gasteiger partial charge >= 0.3 is 0 Å². The van der Waals surface area contributed by atoms with Gasteiger partial charge in [0.05, 0.1) is 28.9 Å². The molecule has 7 nitrogen and oxygen atoms in total. The molecule has 158 valence electrons. The molecule has 0 aliphatic carbocycles. The summed E-state index contributed by atoms with van der Waals surface area (Å²) in [5.74, 6) is -0.253. The minimum absolute atomic E-state index is 0.253. The lowest BCUT2D eigenvalue weighted by Gasteiger charge is -2.13. The van der Waals surface area contributed by atoms with Crippen molar-refractivity contribution in [3.05, 3.63) is 65.9 Å². The topological polar surface area (TPSA) is 90.9 Å². The molecule has 0 bridgehead atoms. The van der Waals surface area contributed by atoms with Crippen molar-refractivity contribution in [3.63, 3.8) is 0 Å². The second kappa shape index (κ2) is 9.13. The average molecular weight is 427 g/mol. The number of anilines is 3. The van der Waals surface area contributed by atoms with E-state index < -0.39 is 10.0 Å². The molecule has 0 atom stereocenters. The second-order valence-corrected chi connectivity index (χ2v) is 8.80. The second-order valence-electron chi connectivity index (χ2n) is 7.05. The number of rotatable bonds is 8. The Hall–Kier alpha value is -3.13. The van der Waals surface area contributed by atoms with E-state index in [1.165, 1.54) is 5.01 Å². The Kier molecular flexibility index (Phi) is 6.56. The van der Waals surface area contributed by atoms with Crippen LogP contribution in [0.2, 0.25) is 0 Å². The molecule has 2 aromatic carbocycles. The Bertz CT molecular complexity index is 1110. The maximum Gasteiger partial charge on any atom is 0.282 e. The van der Waals surface area contributed by atoms with Crippen LogP contribution in [0.3, 0.4) is 0 Å². The van der Waals surface area contributed by atoms with Crippen LogP contribution in [0.4, 0.5) is 17.1 Å². The molecule has 2 aromatic rings. The fourth-order valence-corrected chi connectivity index (χ4v) is 3.79. The predicted molar refractivity (Wildman–Crippen MR) is 122 cm³/mol. The van der Waals surface area contributed by atoms with Gasteiger partial charge in [0.25, 0.3) is 5.91 Å². The van der Waals surface area contributed by atoms with Gasteiger partial charge in [-0.05, 0) is 42.7 Å². The van der Waals surface area contributed by atoms with Crippen molar-refractivity contribution in [3.8, 4) is 0 Å². The number of amides is 1. The summed E-state index contributed by atoms with van der Waals surface area (Å²) in [5.41, 5.74) is 4.19. The van der Waals surface area contributed by atoms with Gasteiger partial charge < -0.3 is 5.32 Å². The van der Waals surface area contributed by atoms with Gasteiger partial charge in [0, 0.05) is 11.9 Å². The van der Waals surface area contributed by atoms with Crippen molar-refractivity contribution >= 4 is 38.7 Å². The highest BCUT2D eigenvalue weighted by molar-refractivity contribution is 7.92. The van der Waals surface area contributed by atoms with Crippen molar-refractivity contribution in [1.29, 1.82) is 0 Å². The summed E-state index contributed by atoms with van der Waals surface area (Å²) in [6.07, 6.45) is 5.18. The van der Waals surface area contributed by atoms with Crippen molar-refractivity contribution in [2.45, 2.75) is 33.1 Å². The molecule has 0 unspecified atom stereocenters. The number of carbonyl (C=O) groups excluding carboxylic acids is 1. The molecule has 1 heterocycles. The average Bonchev–Trinajstić information content (AvgIpc) is 3.01. The maximum atomic E-state index is 13.1. The largest absolute Gasteiger partial charge is 0.361 e. The third kappa shape index (κ3) is 5.07. The van der Waals surface area contributed by atoms with Crippen LogP contribution in [0.1, 0.15) is 32.3 Å². The zero-order chi connectivity index (χ0) is 21.7. The van der Waals surface area contributed by atoms with Gasteiger partial charge in [0.1, 0.15) is 0 Å². The van der Waals surface area contributed by atoms with Gasteiger partial charge in [-0.25, -0.2) is 8.42 Å². The predicted octanol–water partition coefficient (Wildman–Crippen LogP) is 4.12. The molecule has 30 heavy (non-hydrogen) atoms. The van der Waals surface area contributed by atoms with Gasteiger partial charge in [0.15, 0.2) is 0 Å². The first-order valence-corrected chi connectivity index (χ1v) is 11.8. The molecule has 3 rings (SSSR count). The summed E-state index contributed by atoms with van der Waals surface area (Å²) in [6.45, 7) is 4.11. The first-order chi connectivity index (χ1) is 14.3. The Morgan fingerprint density at radius 1 is 1.10 bits per heavy atom. The van der Waals surface area contributed by atoms with Crippen LogP contribution in [-0.4, -0.2) is 26.3 Å². The number of para-hydroxylation sites is 1. The van der Waals surface area contributed by atoms with E-state index in [4.69, 9.17) is 0 Å². The number of hydrogen-bond acceptors (Lipinski definition) is 5. The van der Waals surface area contributed by atoms with E-state index in [2.05, 4.69) is 22.1 Å². The van der Waals surface area contributed by atoms with E-state index >= 15 is 0 Å². The standard InChI is InChI=1S/C22H26N4O3S/c1-4-9-21-19(15-23-20-13-7-6-10-16(20)5-2)22(27)26(24-21)18-12-8-11-17(14-18)25-30(3,28)29/h6-8,10-15,23,25H,4-5,9H2,1-3H3/b19-15+. The summed E-state index contributed by atoms with van der Waals surface area (Å²) in [4.78, 5) is 13.1. The van der Waals surface area contributed by atoms with Crippen LogP contribution in [0, 0.1) is 0 Å². The third-order valence-electron chi connectivity index (χ3n) is 4.61. The minimum Gasteiger partial charge on any atom is -0.361 e. The molecule has 1 aliphatic rings.